The second-order valence-corrected chi connectivity index (χ2v) is 13.1. The van der Waals surface area contributed by atoms with Crippen LogP contribution in [0, 0.1) is 28.6 Å². The predicted octanol–water partition coefficient (Wildman–Crippen LogP) is 2.68. The minimum Gasteiger partial charge on any atom is -0.454 e. The molecule has 3 aliphatic heterocycles. The Morgan fingerprint density at radius 1 is 1.10 bits per heavy atom. The summed E-state index contributed by atoms with van der Waals surface area (Å²) in [5.74, 6) is -1.81. The van der Waals surface area contributed by atoms with Gasteiger partial charge in [-0.1, -0.05) is 48.5 Å². The third-order valence-electron chi connectivity index (χ3n) is 9.30. The lowest BCUT2D eigenvalue weighted by Crippen LogP contribution is -2.74. The molecule has 2 aromatic carbocycles. The van der Waals surface area contributed by atoms with E-state index >= 15 is 0 Å². The number of rotatable bonds is 4. The van der Waals surface area contributed by atoms with Crippen molar-refractivity contribution in [3.05, 3.63) is 66.2 Å². The number of hydrogen-bond donors (Lipinski definition) is 1. The molecule has 4 aliphatic rings. The monoisotopic (exact) mass is 565 g/mol. The normalized spacial score (nSPS) is 33.6. The van der Waals surface area contributed by atoms with Crippen LogP contribution >= 0.6 is 0 Å². The molecule has 210 valence electrons. The van der Waals surface area contributed by atoms with Gasteiger partial charge < -0.3 is 19.5 Å². The highest BCUT2D eigenvalue weighted by Gasteiger charge is 2.74. The Morgan fingerprint density at radius 2 is 1.80 bits per heavy atom. The molecule has 11 heteroatoms. The molecule has 0 aromatic heterocycles. The second kappa shape index (κ2) is 9.87. The van der Waals surface area contributed by atoms with Crippen molar-refractivity contribution in [3.8, 4) is 6.07 Å². The molecule has 1 amide bonds. The Balaban J connectivity index is 1.40. The first kappa shape index (κ1) is 26.7. The number of fused-ring (bicyclic) bond motifs is 1. The molecule has 1 saturated carbocycles. The summed E-state index contributed by atoms with van der Waals surface area (Å²) in [4.78, 5) is 27.8. The first-order valence-corrected chi connectivity index (χ1v) is 15.0. The van der Waals surface area contributed by atoms with Gasteiger partial charge in [-0.05, 0) is 36.5 Å². The molecule has 40 heavy (non-hydrogen) atoms. The van der Waals surface area contributed by atoms with E-state index in [9.17, 15) is 28.4 Å². The largest absolute Gasteiger partial charge is 0.454 e. The Morgan fingerprint density at radius 3 is 2.45 bits per heavy atom. The molecule has 10 nitrogen and oxygen atoms in total. The van der Waals surface area contributed by atoms with Gasteiger partial charge in [-0.15, -0.1) is 0 Å². The number of hydrogen-bond acceptors (Lipinski definition) is 8. The maximum Gasteiger partial charge on any atom is 0.410 e. The van der Waals surface area contributed by atoms with Gasteiger partial charge in [0.15, 0.2) is 5.60 Å². The standard InChI is InChI=1S/C29H31N3O7S/c30-17-22-23-12-15-31(40(36,37)21-9-5-2-6-10-21)19-28(23)14-16-32(27(35)38-18-20-7-3-1-4-8-20)26(28)29(25(22)34)13-11-24(33)39-29/h1-10,22-23,25-26,34H,11-16,18-19H2/t22?,23-,25?,26+,28-,29?/m0/s1. The number of sulfonamides is 1. The van der Waals surface area contributed by atoms with Crippen LogP contribution in [0.1, 0.15) is 31.2 Å². The van der Waals surface area contributed by atoms with Crippen molar-refractivity contribution in [1.29, 1.82) is 5.26 Å². The fourth-order valence-electron chi connectivity index (χ4n) is 7.65. The van der Waals surface area contributed by atoms with E-state index in [4.69, 9.17) is 9.47 Å². The number of esters is 1. The van der Waals surface area contributed by atoms with Gasteiger partial charge in [0.25, 0.3) is 0 Å². The zero-order valence-corrected chi connectivity index (χ0v) is 22.7. The molecule has 3 saturated heterocycles. The van der Waals surface area contributed by atoms with E-state index in [0.717, 1.165) is 5.56 Å². The molecule has 6 atom stereocenters. The van der Waals surface area contributed by atoms with Gasteiger partial charge in [0, 0.05) is 37.9 Å². The van der Waals surface area contributed by atoms with Gasteiger partial charge in [-0.3, -0.25) is 4.79 Å². The fraction of sp³-hybridized carbons (Fsp3) is 0.483. The molecule has 2 spiro atoms. The summed E-state index contributed by atoms with van der Waals surface area (Å²) >= 11 is 0. The van der Waals surface area contributed by atoms with Crippen LogP contribution in [-0.2, 0) is 30.9 Å². The van der Waals surface area contributed by atoms with Crippen LogP contribution in [0.3, 0.4) is 0 Å². The van der Waals surface area contributed by atoms with Gasteiger partial charge in [-0.2, -0.15) is 9.57 Å². The van der Waals surface area contributed by atoms with E-state index in [1.165, 1.54) is 9.21 Å². The first-order chi connectivity index (χ1) is 19.2. The number of piperidine rings is 1. The fourth-order valence-corrected chi connectivity index (χ4v) is 9.20. The average molecular weight is 566 g/mol. The quantitative estimate of drug-likeness (QED) is 0.559. The number of ether oxygens (including phenoxy) is 2. The topological polar surface area (TPSA) is 137 Å². The van der Waals surface area contributed by atoms with Crippen LogP contribution < -0.4 is 0 Å². The van der Waals surface area contributed by atoms with E-state index in [1.54, 1.807) is 30.3 Å². The second-order valence-electron chi connectivity index (χ2n) is 11.2. The summed E-state index contributed by atoms with van der Waals surface area (Å²) in [6, 6.07) is 18.8. The average Bonchev–Trinajstić information content (AvgIpc) is 3.55. The van der Waals surface area contributed by atoms with Crippen molar-refractivity contribution < 1.29 is 32.6 Å². The number of aliphatic hydroxyl groups excluding tert-OH is 1. The molecule has 3 unspecified atom stereocenters. The van der Waals surface area contributed by atoms with Crippen LogP contribution in [0.15, 0.2) is 65.6 Å². The van der Waals surface area contributed by atoms with Crippen LogP contribution in [0.5, 0.6) is 0 Å². The number of carbonyl (C=O) groups is 2. The van der Waals surface area contributed by atoms with Gasteiger partial charge in [-0.25, -0.2) is 13.2 Å². The van der Waals surface area contributed by atoms with E-state index in [0.29, 0.717) is 12.8 Å². The Kier molecular flexibility index (Phi) is 6.60. The summed E-state index contributed by atoms with van der Waals surface area (Å²) in [6.45, 7) is 0.459. The number of likely N-dealkylation sites (tertiary alicyclic amines) is 1. The highest BCUT2D eigenvalue weighted by atomic mass is 32.2. The maximum absolute atomic E-state index is 13.7. The Bertz CT molecular complexity index is 1450. The van der Waals surface area contributed by atoms with Crippen molar-refractivity contribution in [2.75, 3.05) is 19.6 Å². The number of carbonyl (C=O) groups excluding carboxylic acids is 2. The highest BCUT2D eigenvalue weighted by Crippen LogP contribution is 2.62. The molecule has 1 aliphatic carbocycles. The molecular formula is C29H31N3O7S. The molecule has 6 rings (SSSR count). The SMILES string of the molecule is N#CC1C(O)C2(CCC(=O)O2)[C@@H]2N(C(=O)OCc3ccccc3)CC[C@@]23CN(S(=O)(=O)c2ccccc2)CC[C@@H]13. The lowest BCUT2D eigenvalue weighted by molar-refractivity contribution is -0.217. The maximum atomic E-state index is 13.7. The highest BCUT2D eigenvalue weighted by molar-refractivity contribution is 7.89. The molecular weight excluding hydrogens is 534 g/mol. The Labute approximate surface area is 233 Å². The third-order valence-corrected chi connectivity index (χ3v) is 11.2. The van der Waals surface area contributed by atoms with Crippen molar-refractivity contribution >= 4 is 22.1 Å². The smallest absolute Gasteiger partial charge is 0.410 e. The van der Waals surface area contributed by atoms with Crippen LogP contribution in [0.4, 0.5) is 4.79 Å². The minimum atomic E-state index is -3.88. The van der Waals surface area contributed by atoms with Crippen LogP contribution in [-0.4, -0.2) is 72.2 Å². The van der Waals surface area contributed by atoms with E-state index in [1.807, 2.05) is 30.3 Å². The molecule has 1 N–H and O–H groups in total. The van der Waals surface area contributed by atoms with Crippen molar-refractivity contribution in [1.82, 2.24) is 9.21 Å². The summed E-state index contributed by atoms with van der Waals surface area (Å²) in [5, 5.41) is 21.8. The number of benzene rings is 2. The summed E-state index contributed by atoms with van der Waals surface area (Å²) < 4.78 is 40.4. The van der Waals surface area contributed by atoms with Gasteiger partial charge in [0.05, 0.1) is 22.9 Å². The third kappa shape index (κ3) is 4.00. The van der Waals surface area contributed by atoms with Crippen molar-refractivity contribution in [3.63, 3.8) is 0 Å². The minimum absolute atomic E-state index is 0.0317. The lowest BCUT2D eigenvalue weighted by atomic mass is 9.51. The summed E-state index contributed by atoms with van der Waals surface area (Å²) in [5.41, 5.74) is -1.65. The number of aliphatic hydroxyl groups is 1. The van der Waals surface area contributed by atoms with Crippen molar-refractivity contribution in [2.45, 2.75) is 54.9 Å². The molecule has 0 bridgehead atoms. The molecule has 3 heterocycles. The first-order valence-electron chi connectivity index (χ1n) is 13.5. The Hall–Kier alpha value is -3.46. The van der Waals surface area contributed by atoms with Crippen LogP contribution in [0.2, 0.25) is 0 Å². The zero-order valence-electron chi connectivity index (χ0n) is 21.9. The number of nitrogens with zero attached hydrogens (tertiary/aromatic N) is 3. The van der Waals surface area contributed by atoms with Gasteiger partial charge >= 0.3 is 12.1 Å². The van der Waals surface area contributed by atoms with Gasteiger partial charge in [0.1, 0.15) is 12.7 Å². The van der Waals surface area contributed by atoms with Gasteiger partial charge in [0.2, 0.25) is 10.0 Å². The van der Waals surface area contributed by atoms with Crippen LogP contribution in [0.25, 0.3) is 0 Å². The molecule has 2 aromatic rings. The van der Waals surface area contributed by atoms with E-state index in [2.05, 4.69) is 6.07 Å². The van der Waals surface area contributed by atoms with E-state index < -0.39 is 57.1 Å². The number of amides is 1. The predicted molar refractivity (Wildman–Crippen MR) is 141 cm³/mol. The van der Waals surface area contributed by atoms with E-state index in [-0.39, 0.29) is 44.0 Å². The molecule has 0 radical (unpaired) electrons. The molecule has 4 fully saturated rings. The zero-order chi connectivity index (χ0) is 28.1. The summed E-state index contributed by atoms with van der Waals surface area (Å²) in [6.07, 6.45) is -1.09. The summed E-state index contributed by atoms with van der Waals surface area (Å²) in [7, 11) is -3.88. The lowest BCUT2D eigenvalue weighted by Gasteiger charge is -2.60. The van der Waals surface area contributed by atoms with Crippen molar-refractivity contribution in [2.24, 2.45) is 17.3 Å². The number of nitriles is 1.